The van der Waals surface area contributed by atoms with Gasteiger partial charge in [-0.25, -0.2) is 4.98 Å². The number of carbonyl (C=O) groups is 1. The van der Waals surface area contributed by atoms with Crippen molar-refractivity contribution < 1.29 is 26.8 Å². The van der Waals surface area contributed by atoms with Gasteiger partial charge in [-0.15, -0.1) is 10.2 Å². The Morgan fingerprint density at radius 2 is 1.86 bits per heavy atom. The zero-order valence-corrected chi connectivity index (χ0v) is 18.1. The molecule has 5 aromatic rings. The average molecular weight is 481 g/mol. The summed E-state index contributed by atoms with van der Waals surface area (Å²) in [6.45, 7) is 0.175. The first-order chi connectivity index (χ1) is 16.9. The first kappa shape index (κ1) is 22.4. The molecule has 0 saturated heterocycles. The number of nitrogens with one attached hydrogen (secondary N) is 1. The second-order valence-electron chi connectivity index (χ2n) is 7.72. The van der Waals surface area contributed by atoms with E-state index in [9.17, 15) is 18.0 Å². The maximum absolute atomic E-state index is 13.2. The predicted octanol–water partition coefficient (Wildman–Crippen LogP) is 5.32. The number of halogens is 3. The molecule has 8 nitrogen and oxygen atoms in total. The Balaban J connectivity index is 1.34. The number of fused-ring (bicyclic) bond motifs is 1. The molecule has 178 valence electrons. The number of alkyl halides is 3. The number of aromatic nitrogens is 4. The molecule has 0 fully saturated rings. The summed E-state index contributed by atoms with van der Waals surface area (Å²) in [5.74, 6) is 0.895. The minimum absolute atomic E-state index is 0.00812. The van der Waals surface area contributed by atoms with Crippen molar-refractivity contribution in [3.05, 3.63) is 84.1 Å². The Hall–Kier alpha value is -4.41. The third-order valence-electron chi connectivity index (χ3n) is 5.27. The number of imidazole rings is 1. The minimum atomic E-state index is -4.51. The molecule has 0 spiro atoms. The number of nitrogens with zero attached hydrogens (tertiary/aromatic N) is 4. The van der Waals surface area contributed by atoms with Gasteiger partial charge in [0, 0.05) is 18.4 Å². The molecule has 0 atom stereocenters. The molecule has 0 saturated carbocycles. The number of hydrogen-bond acceptors (Lipinski definition) is 6. The van der Waals surface area contributed by atoms with Crippen molar-refractivity contribution in [2.24, 2.45) is 0 Å². The summed E-state index contributed by atoms with van der Waals surface area (Å²) in [5.41, 5.74) is 0.469. The first-order valence-electron chi connectivity index (χ1n) is 10.6. The summed E-state index contributed by atoms with van der Waals surface area (Å²) in [4.78, 5) is 16.9. The topological polar surface area (TPSA) is 99.0 Å². The van der Waals surface area contributed by atoms with Crippen LogP contribution in [0.2, 0.25) is 0 Å². The van der Waals surface area contributed by atoms with E-state index in [-0.39, 0.29) is 36.7 Å². The van der Waals surface area contributed by atoms with Gasteiger partial charge in [-0.2, -0.15) is 13.2 Å². The van der Waals surface area contributed by atoms with Gasteiger partial charge in [-0.1, -0.05) is 18.2 Å². The van der Waals surface area contributed by atoms with Crippen molar-refractivity contribution >= 4 is 22.9 Å². The van der Waals surface area contributed by atoms with Crippen molar-refractivity contribution in [3.63, 3.8) is 0 Å². The smallest absolute Gasteiger partial charge is 0.416 e. The van der Waals surface area contributed by atoms with Crippen LogP contribution in [0.15, 0.2) is 75.8 Å². The number of carbonyl (C=O) groups excluding carboxylic acids is 1. The van der Waals surface area contributed by atoms with E-state index in [1.54, 1.807) is 16.7 Å². The Bertz CT molecular complexity index is 1460. The maximum Gasteiger partial charge on any atom is 0.416 e. The molecule has 0 unspecified atom stereocenters. The monoisotopic (exact) mass is 481 g/mol. The van der Waals surface area contributed by atoms with Gasteiger partial charge >= 0.3 is 6.18 Å². The summed E-state index contributed by atoms with van der Waals surface area (Å²) in [6, 6.07) is 15.9. The minimum Gasteiger partial charge on any atom is -0.467 e. The fraction of sp³-hybridized carbons (Fsp3) is 0.167. The Morgan fingerprint density at radius 3 is 2.60 bits per heavy atom. The highest BCUT2D eigenvalue weighted by Crippen LogP contribution is 2.32. The Morgan fingerprint density at radius 1 is 1.03 bits per heavy atom. The van der Waals surface area contributed by atoms with Crippen LogP contribution in [0, 0.1) is 0 Å². The fourth-order valence-corrected chi connectivity index (χ4v) is 3.58. The molecule has 11 heteroatoms. The third kappa shape index (κ3) is 4.93. The highest BCUT2D eigenvalue weighted by molar-refractivity contribution is 5.91. The van der Waals surface area contributed by atoms with Gasteiger partial charge in [-0.05, 0) is 42.5 Å². The lowest BCUT2D eigenvalue weighted by molar-refractivity contribution is -0.137. The normalized spacial score (nSPS) is 11.7. The number of aryl methyl sites for hydroxylation is 1. The fourth-order valence-electron chi connectivity index (χ4n) is 3.58. The number of benzene rings is 2. The molecule has 0 aliphatic rings. The van der Waals surface area contributed by atoms with Crippen LogP contribution in [0.3, 0.4) is 0 Å². The van der Waals surface area contributed by atoms with Crippen LogP contribution in [-0.2, 0) is 23.9 Å². The van der Waals surface area contributed by atoms with E-state index < -0.39 is 17.6 Å². The van der Waals surface area contributed by atoms with E-state index in [4.69, 9.17) is 8.83 Å². The summed E-state index contributed by atoms with van der Waals surface area (Å²) in [7, 11) is 0. The second-order valence-corrected chi connectivity index (χ2v) is 7.72. The van der Waals surface area contributed by atoms with Crippen molar-refractivity contribution in [2.45, 2.75) is 25.6 Å². The van der Waals surface area contributed by atoms with Crippen molar-refractivity contribution in [1.29, 1.82) is 0 Å². The number of rotatable bonds is 7. The third-order valence-corrected chi connectivity index (χ3v) is 5.27. The van der Waals surface area contributed by atoms with Crippen LogP contribution in [0.1, 0.15) is 23.6 Å². The molecule has 0 aliphatic heterocycles. The van der Waals surface area contributed by atoms with Crippen LogP contribution in [-0.4, -0.2) is 25.7 Å². The summed E-state index contributed by atoms with van der Waals surface area (Å²) < 4.78 is 52.1. The van der Waals surface area contributed by atoms with E-state index in [2.05, 4.69) is 20.5 Å². The summed E-state index contributed by atoms with van der Waals surface area (Å²) >= 11 is 0. The largest absolute Gasteiger partial charge is 0.467 e. The zero-order valence-electron chi connectivity index (χ0n) is 18.1. The molecule has 5 rings (SSSR count). The highest BCUT2D eigenvalue weighted by Gasteiger charge is 2.31. The molecule has 2 aromatic carbocycles. The number of furan rings is 1. The Kier molecular flexibility index (Phi) is 5.81. The molecule has 0 aliphatic carbocycles. The molecular weight excluding hydrogens is 463 g/mol. The van der Waals surface area contributed by atoms with Crippen molar-refractivity contribution in [3.8, 4) is 11.5 Å². The van der Waals surface area contributed by atoms with Gasteiger partial charge in [0.05, 0.1) is 29.4 Å². The molecule has 35 heavy (non-hydrogen) atoms. The second kappa shape index (κ2) is 9.09. The SMILES string of the molecule is O=C(CCc1nnc(-c2ccccc2)o1)Nc1nc2cc(C(F)(F)F)ccc2n1Cc1ccco1. The van der Waals surface area contributed by atoms with E-state index in [1.807, 2.05) is 30.3 Å². The molecular formula is C24H18F3N5O3. The van der Waals surface area contributed by atoms with Crippen LogP contribution in [0.25, 0.3) is 22.5 Å². The quantitative estimate of drug-likeness (QED) is 0.338. The molecule has 3 aromatic heterocycles. The van der Waals surface area contributed by atoms with E-state index >= 15 is 0 Å². The molecule has 1 N–H and O–H groups in total. The lowest BCUT2D eigenvalue weighted by Gasteiger charge is -2.09. The average Bonchev–Trinajstić information content (AvgIpc) is 3.59. The zero-order chi connectivity index (χ0) is 24.4. The van der Waals surface area contributed by atoms with Crippen molar-refractivity contribution in [1.82, 2.24) is 19.7 Å². The summed E-state index contributed by atoms with van der Waals surface area (Å²) in [5, 5.41) is 10.6. The maximum atomic E-state index is 13.2. The lowest BCUT2D eigenvalue weighted by Crippen LogP contribution is -2.16. The Labute approximate surface area is 196 Å². The molecule has 0 radical (unpaired) electrons. The van der Waals surface area contributed by atoms with Crippen LogP contribution in [0.4, 0.5) is 19.1 Å². The van der Waals surface area contributed by atoms with Crippen LogP contribution in [0.5, 0.6) is 0 Å². The lowest BCUT2D eigenvalue weighted by atomic mass is 10.2. The van der Waals surface area contributed by atoms with E-state index in [0.29, 0.717) is 17.2 Å². The van der Waals surface area contributed by atoms with Gasteiger partial charge in [0.25, 0.3) is 0 Å². The number of hydrogen-bond donors (Lipinski definition) is 1. The van der Waals surface area contributed by atoms with E-state index in [1.165, 1.54) is 12.3 Å². The highest BCUT2D eigenvalue weighted by atomic mass is 19.4. The van der Waals surface area contributed by atoms with Crippen LogP contribution < -0.4 is 5.32 Å². The van der Waals surface area contributed by atoms with Gasteiger partial charge in [0.15, 0.2) is 0 Å². The van der Waals surface area contributed by atoms with Crippen LogP contribution >= 0.6 is 0 Å². The van der Waals surface area contributed by atoms with Gasteiger partial charge in [0.1, 0.15) is 5.76 Å². The van der Waals surface area contributed by atoms with Gasteiger partial charge < -0.3 is 13.4 Å². The number of anilines is 1. The molecule has 1 amide bonds. The van der Waals surface area contributed by atoms with E-state index in [0.717, 1.165) is 17.7 Å². The van der Waals surface area contributed by atoms with Gasteiger partial charge in [-0.3, -0.25) is 10.1 Å². The van der Waals surface area contributed by atoms with Gasteiger partial charge in [0.2, 0.25) is 23.6 Å². The standard InChI is InChI=1S/C24H18F3N5O3/c25-24(26,27)16-8-9-19-18(13-16)28-23(32(19)14-17-7-4-12-34-17)29-20(33)10-11-21-30-31-22(35-21)15-5-2-1-3-6-15/h1-9,12-13H,10-11,14H2,(H,28,29,33). The predicted molar refractivity (Wildman–Crippen MR) is 119 cm³/mol. The van der Waals surface area contributed by atoms with Crippen molar-refractivity contribution in [2.75, 3.05) is 5.32 Å². The summed E-state index contributed by atoms with van der Waals surface area (Å²) in [6.07, 6.45) is -2.83. The first-order valence-corrected chi connectivity index (χ1v) is 10.6. The molecule has 3 heterocycles. The molecule has 0 bridgehead atoms. The number of amides is 1.